The van der Waals surface area contributed by atoms with Crippen LogP contribution in [0.15, 0.2) is 0 Å². The van der Waals surface area contributed by atoms with Gasteiger partial charge in [0, 0.05) is 19.4 Å². The van der Waals surface area contributed by atoms with Crippen LogP contribution in [0.5, 0.6) is 0 Å². The standard InChI is InChI=1S/C20H32N4O9.C5H9NO2/c1-10(2)8-13(20(31)33-18(29)11(21)4-6-15(22)25)24(3)9-14(17(27)28)32-19(30)12-5-7-16(26)23-12;7-5(8)4-2-1-3-6-4/h10-14H,4-9,21H2,1-3H3,(H2,22,25)(H,23,26)(H,27,28);4,6H,1-3H2,(H,7,8)/t11-,12-,13-,14?;4-/m00/s1. The Morgan fingerprint density at radius 3 is 2.17 bits per heavy atom. The van der Waals surface area contributed by atoms with E-state index in [9.17, 15) is 38.7 Å². The van der Waals surface area contributed by atoms with Crippen molar-refractivity contribution in [1.82, 2.24) is 15.5 Å². The fraction of sp³-hybridized carbons (Fsp3) is 0.720. The lowest BCUT2D eigenvalue weighted by Crippen LogP contribution is -2.49. The van der Waals surface area contributed by atoms with E-state index in [4.69, 9.17) is 26.0 Å². The first-order valence-electron chi connectivity index (χ1n) is 13.3. The molecule has 0 saturated carbocycles. The minimum absolute atomic E-state index is 0.0387. The third-order valence-electron chi connectivity index (χ3n) is 6.33. The number of carboxylic acid groups (broad SMARTS) is 2. The molecule has 5 atom stereocenters. The van der Waals surface area contributed by atoms with Gasteiger partial charge < -0.3 is 41.8 Å². The van der Waals surface area contributed by atoms with Crippen molar-refractivity contribution in [3.63, 3.8) is 0 Å². The Hall–Kier alpha value is -3.63. The number of nitrogens with two attached hydrogens (primary N) is 2. The van der Waals surface area contributed by atoms with Crippen molar-refractivity contribution < 1.29 is 53.2 Å². The quantitative estimate of drug-likeness (QED) is 0.0958. The van der Waals surface area contributed by atoms with Crippen molar-refractivity contribution >= 4 is 41.7 Å². The summed E-state index contributed by atoms with van der Waals surface area (Å²) in [6.45, 7) is 4.10. The second-order valence-electron chi connectivity index (χ2n) is 10.3. The molecule has 0 aromatic heterocycles. The van der Waals surface area contributed by atoms with Gasteiger partial charge in [0.15, 0.2) is 0 Å². The Bertz CT molecular complexity index is 968. The van der Waals surface area contributed by atoms with Crippen molar-refractivity contribution in [2.24, 2.45) is 17.4 Å². The first-order chi connectivity index (χ1) is 19.1. The number of carbonyl (C=O) groups is 7. The summed E-state index contributed by atoms with van der Waals surface area (Å²) < 4.78 is 9.89. The smallest absolute Gasteiger partial charge is 0.346 e. The maximum Gasteiger partial charge on any atom is 0.346 e. The number of esters is 3. The van der Waals surface area contributed by atoms with Gasteiger partial charge in [0.1, 0.15) is 24.2 Å². The van der Waals surface area contributed by atoms with Gasteiger partial charge in [-0.15, -0.1) is 0 Å². The molecule has 2 saturated heterocycles. The Kier molecular flexibility index (Phi) is 14.9. The molecule has 0 aromatic rings. The number of primary amides is 1. The second-order valence-corrected chi connectivity index (χ2v) is 10.3. The molecule has 0 spiro atoms. The highest BCUT2D eigenvalue weighted by atomic mass is 16.6. The van der Waals surface area contributed by atoms with Gasteiger partial charge in [0.25, 0.3) is 0 Å². The minimum Gasteiger partial charge on any atom is -0.480 e. The van der Waals surface area contributed by atoms with E-state index in [1.807, 2.05) is 13.8 Å². The summed E-state index contributed by atoms with van der Waals surface area (Å²) >= 11 is 0. The highest BCUT2D eigenvalue weighted by Crippen LogP contribution is 2.16. The zero-order valence-corrected chi connectivity index (χ0v) is 23.5. The van der Waals surface area contributed by atoms with Crippen LogP contribution in [0.25, 0.3) is 0 Å². The van der Waals surface area contributed by atoms with Gasteiger partial charge >= 0.3 is 29.8 Å². The molecule has 2 aliphatic heterocycles. The van der Waals surface area contributed by atoms with Crippen LogP contribution in [-0.4, -0.2) is 107 Å². The van der Waals surface area contributed by atoms with E-state index in [1.54, 1.807) is 0 Å². The molecule has 16 heteroatoms. The third-order valence-corrected chi connectivity index (χ3v) is 6.33. The molecule has 1 unspecified atom stereocenters. The average molecular weight is 588 g/mol. The molecular formula is C25H41N5O11. The van der Waals surface area contributed by atoms with Crippen LogP contribution in [0.1, 0.15) is 58.8 Å². The Morgan fingerprint density at radius 1 is 1.07 bits per heavy atom. The van der Waals surface area contributed by atoms with Gasteiger partial charge in [-0.25, -0.2) is 19.2 Å². The summed E-state index contributed by atoms with van der Waals surface area (Å²) in [6.07, 6.45) is 0.435. The second kappa shape index (κ2) is 17.2. The van der Waals surface area contributed by atoms with Crippen molar-refractivity contribution in [3.05, 3.63) is 0 Å². The lowest BCUT2D eigenvalue weighted by atomic mass is 10.0. The monoisotopic (exact) mass is 587 g/mol. The number of likely N-dealkylation sites (N-methyl/N-ethyl adjacent to an activating group) is 1. The Morgan fingerprint density at radius 2 is 1.73 bits per heavy atom. The molecule has 2 aliphatic rings. The number of nitrogens with zero attached hydrogens (tertiary/aromatic N) is 1. The molecular weight excluding hydrogens is 546 g/mol. The van der Waals surface area contributed by atoms with E-state index in [-0.39, 0.29) is 56.5 Å². The van der Waals surface area contributed by atoms with Crippen LogP contribution < -0.4 is 22.1 Å². The van der Waals surface area contributed by atoms with Gasteiger partial charge in [0.2, 0.25) is 17.9 Å². The number of carboxylic acids is 2. The molecule has 2 heterocycles. The van der Waals surface area contributed by atoms with E-state index >= 15 is 0 Å². The number of hydrogen-bond acceptors (Lipinski definition) is 12. The van der Waals surface area contributed by atoms with Crippen LogP contribution in [0, 0.1) is 5.92 Å². The fourth-order valence-corrected chi connectivity index (χ4v) is 4.02. The number of rotatable bonds is 14. The number of aliphatic carboxylic acids is 2. The van der Waals surface area contributed by atoms with Crippen LogP contribution in [0.2, 0.25) is 0 Å². The first kappa shape index (κ1) is 35.4. The normalized spacial score (nSPS) is 20.3. The van der Waals surface area contributed by atoms with Crippen molar-refractivity contribution in [3.8, 4) is 0 Å². The molecule has 2 amide bonds. The number of carbonyl (C=O) groups excluding carboxylic acids is 5. The number of amides is 2. The predicted octanol–water partition coefficient (Wildman–Crippen LogP) is -1.91. The lowest BCUT2D eigenvalue weighted by molar-refractivity contribution is -0.169. The molecule has 232 valence electrons. The van der Waals surface area contributed by atoms with E-state index in [2.05, 4.69) is 10.6 Å². The summed E-state index contributed by atoms with van der Waals surface area (Å²) in [6, 6.07) is -3.47. The largest absolute Gasteiger partial charge is 0.480 e. The summed E-state index contributed by atoms with van der Waals surface area (Å²) in [5.41, 5.74) is 10.6. The van der Waals surface area contributed by atoms with Crippen LogP contribution in [0.3, 0.4) is 0 Å². The number of hydrogen-bond donors (Lipinski definition) is 6. The maximum atomic E-state index is 12.7. The van der Waals surface area contributed by atoms with Crippen LogP contribution in [0.4, 0.5) is 0 Å². The third kappa shape index (κ3) is 13.1. The molecule has 2 fully saturated rings. The van der Waals surface area contributed by atoms with Crippen molar-refractivity contribution in [1.29, 1.82) is 0 Å². The number of nitrogens with one attached hydrogen (secondary N) is 2. The topological polar surface area (TPSA) is 258 Å². The van der Waals surface area contributed by atoms with Crippen molar-refractivity contribution in [2.45, 2.75) is 89.1 Å². The van der Waals surface area contributed by atoms with E-state index in [0.717, 1.165) is 19.4 Å². The molecule has 16 nitrogen and oxygen atoms in total. The lowest BCUT2D eigenvalue weighted by Gasteiger charge is -2.29. The molecule has 0 bridgehead atoms. The van der Waals surface area contributed by atoms with Crippen molar-refractivity contribution in [2.75, 3.05) is 20.1 Å². The van der Waals surface area contributed by atoms with E-state index < -0.39 is 60.0 Å². The van der Waals surface area contributed by atoms with Crippen LogP contribution >= 0.6 is 0 Å². The summed E-state index contributed by atoms with van der Waals surface area (Å²) in [5.74, 6) is -6.08. The van der Waals surface area contributed by atoms with Gasteiger partial charge in [-0.1, -0.05) is 13.8 Å². The maximum absolute atomic E-state index is 12.7. The average Bonchev–Trinajstić information content (AvgIpc) is 3.57. The zero-order valence-electron chi connectivity index (χ0n) is 23.5. The number of ether oxygens (including phenoxy) is 2. The molecule has 0 aromatic carbocycles. The highest BCUT2D eigenvalue weighted by Gasteiger charge is 2.36. The highest BCUT2D eigenvalue weighted by molar-refractivity contribution is 5.91. The first-order valence-corrected chi connectivity index (χ1v) is 13.3. The molecule has 2 rings (SSSR count). The van der Waals surface area contributed by atoms with E-state index in [0.29, 0.717) is 0 Å². The fourth-order valence-electron chi connectivity index (χ4n) is 4.02. The minimum atomic E-state index is -1.63. The summed E-state index contributed by atoms with van der Waals surface area (Å²) in [4.78, 5) is 82.2. The molecule has 0 radical (unpaired) electrons. The Labute approximate surface area is 237 Å². The van der Waals surface area contributed by atoms with E-state index in [1.165, 1.54) is 11.9 Å². The molecule has 0 aliphatic carbocycles. The Balaban J connectivity index is 0.000000895. The van der Waals surface area contributed by atoms with Gasteiger partial charge in [-0.05, 0) is 51.6 Å². The zero-order chi connectivity index (χ0) is 31.3. The van der Waals surface area contributed by atoms with Crippen LogP contribution in [-0.2, 0) is 43.0 Å². The summed E-state index contributed by atoms with van der Waals surface area (Å²) in [5, 5.41) is 23.1. The predicted molar refractivity (Wildman–Crippen MR) is 141 cm³/mol. The molecule has 41 heavy (non-hydrogen) atoms. The van der Waals surface area contributed by atoms with Gasteiger partial charge in [-0.3, -0.25) is 19.3 Å². The van der Waals surface area contributed by atoms with Gasteiger partial charge in [-0.2, -0.15) is 0 Å². The molecule has 8 N–H and O–H groups in total. The SMILES string of the molecule is CC(C)C[C@@H](C(=O)OC(=O)[C@@H](N)CCC(N)=O)N(C)CC(OC(=O)[C@@H]1CCC(=O)N1)C(=O)O.O=C(O)[C@@H]1CCCN1. The van der Waals surface area contributed by atoms with Gasteiger partial charge in [0.05, 0.1) is 0 Å². The summed E-state index contributed by atoms with van der Waals surface area (Å²) in [7, 11) is 1.42.